The molecule has 0 amide bonds. The number of nitrogens with one attached hydrogen (secondary N) is 2. The number of nitrogens with zero attached hydrogens (tertiary/aromatic N) is 1. The average Bonchev–Trinajstić information content (AvgIpc) is 2.38. The van der Waals surface area contributed by atoms with Gasteiger partial charge in [-0.15, -0.1) is 0 Å². The SMILES string of the molecule is CCCOCCCNc1nc(NCC)c(Cl)cc1Cl. The highest BCUT2D eigenvalue weighted by molar-refractivity contribution is 6.37. The Balaban J connectivity index is 2.46. The van der Waals surface area contributed by atoms with Crippen LogP contribution in [0.15, 0.2) is 6.07 Å². The largest absolute Gasteiger partial charge is 0.381 e. The van der Waals surface area contributed by atoms with Crippen LogP contribution >= 0.6 is 23.2 Å². The second-order valence-electron chi connectivity index (χ2n) is 4.07. The van der Waals surface area contributed by atoms with Gasteiger partial charge in [-0.3, -0.25) is 0 Å². The van der Waals surface area contributed by atoms with E-state index in [0.29, 0.717) is 21.7 Å². The van der Waals surface area contributed by atoms with E-state index in [2.05, 4.69) is 22.5 Å². The highest BCUT2D eigenvalue weighted by Crippen LogP contribution is 2.28. The van der Waals surface area contributed by atoms with Crippen molar-refractivity contribution in [2.45, 2.75) is 26.7 Å². The molecule has 0 aliphatic carbocycles. The van der Waals surface area contributed by atoms with Crippen molar-refractivity contribution in [2.75, 3.05) is 36.9 Å². The van der Waals surface area contributed by atoms with Gasteiger partial charge in [0.15, 0.2) is 0 Å². The molecule has 19 heavy (non-hydrogen) atoms. The first-order chi connectivity index (χ1) is 9.19. The fraction of sp³-hybridized carbons (Fsp3) is 0.615. The number of rotatable bonds is 9. The molecule has 0 radical (unpaired) electrons. The summed E-state index contributed by atoms with van der Waals surface area (Å²) in [5, 5.41) is 7.35. The van der Waals surface area contributed by atoms with Gasteiger partial charge in [0.1, 0.15) is 11.6 Å². The molecule has 6 heteroatoms. The second kappa shape index (κ2) is 9.23. The van der Waals surface area contributed by atoms with Gasteiger partial charge in [0, 0.05) is 26.3 Å². The molecule has 0 fully saturated rings. The van der Waals surface area contributed by atoms with Crippen LogP contribution < -0.4 is 10.6 Å². The molecular weight excluding hydrogens is 285 g/mol. The molecule has 108 valence electrons. The molecule has 0 aromatic carbocycles. The maximum Gasteiger partial charge on any atom is 0.147 e. The fourth-order valence-electron chi connectivity index (χ4n) is 1.51. The molecule has 1 heterocycles. The lowest BCUT2D eigenvalue weighted by Crippen LogP contribution is -2.09. The highest BCUT2D eigenvalue weighted by Gasteiger charge is 2.08. The first-order valence-electron chi connectivity index (χ1n) is 6.60. The van der Waals surface area contributed by atoms with Gasteiger partial charge in [-0.05, 0) is 25.8 Å². The molecule has 0 unspecified atom stereocenters. The number of hydrogen-bond acceptors (Lipinski definition) is 4. The summed E-state index contributed by atoms with van der Waals surface area (Å²) in [6.07, 6.45) is 1.96. The molecule has 1 rings (SSSR count). The van der Waals surface area contributed by atoms with Crippen molar-refractivity contribution in [3.63, 3.8) is 0 Å². The first kappa shape index (κ1) is 16.3. The lowest BCUT2D eigenvalue weighted by molar-refractivity contribution is 0.134. The van der Waals surface area contributed by atoms with Crippen LogP contribution in [0, 0.1) is 0 Å². The Morgan fingerprint density at radius 3 is 2.42 bits per heavy atom. The van der Waals surface area contributed by atoms with Gasteiger partial charge in [0.2, 0.25) is 0 Å². The van der Waals surface area contributed by atoms with Crippen LogP contribution in [0.1, 0.15) is 26.7 Å². The smallest absolute Gasteiger partial charge is 0.147 e. The molecule has 2 N–H and O–H groups in total. The molecule has 0 bridgehead atoms. The minimum Gasteiger partial charge on any atom is -0.381 e. The van der Waals surface area contributed by atoms with E-state index in [1.54, 1.807) is 6.07 Å². The molecule has 1 aromatic heterocycles. The monoisotopic (exact) mass is 305 g/mol. The van der Waals surface area contributed by atoms with Gasteiger partial charge in [0.25, 0.3) is 0 Å². The Bertz CT molecular complexity index is 388. The summed E-state index contributed by atoms with van der Waals surface area (Å²) in [5.74, 6) is 1.30. The highest BCUT2D eigenvalue weighted by atomic mass is 35.5. The number of pyridine rings is 1. The second-order valence-corrected chi connectivity index (χ2v) is 4.89. The third-order valence-electron chi connectivity index (χ3n) is 2.38. The summed E-state index contributed by atoms with van der Waals surface area (Å²) in [7, 11) is 0. The minimum absolute atomic E-state index is 0.529. The van der Waals surface area contributed by atoms with Gasteiger partial charge in [0.05, 0.1) is 10.0 Å². The molecule has 0 aliphatic heterocycles. The summed E-state index contributed by atoms with van der Waals surface area (Å²) in [4.78, 5) is 4.37. The van der Waals surface area contributed by atoms with E-state index in [4.69, 9.17) is 27.9 Å². The Morgan fingerprint density at radius 2 is 1.79 bits per heavy atom. The van der Waals surface area contributed by atoms with Gasteiger partial charge in [-0.2, -0.15) is 0 Å². The Hall–Kier alpha value is -0.710. The first-order valence-corrected chi connectivity index (χ1v) is 7.36. The predicted molar refractivity (Wildman–Crippen MR) is 82.6 cm³/mol. The molecule has 0 spiro atoms. The summed E-state index contributed by atoms with van der Waals surface area (Å²) in [6, 6.07) is 1.70. The van der Waals surface area contributed by atoms with Crippen molar-refractivity contribution >= 4 is 34.8 Å². The van der Waals surface area contributed by atoms with E-state index >= 15 is 0 Å². The number of aromatic nitrogens is 1. The lowest BCUT2D eigenvalue weighted by Gasteiger charge is -2.11. The van der Waals surface area contributed by atoms with E-state index < -0.39 is 0 Å². The molecular formula is C13H21Cl2N3O. The van der Waals surface area contributed by atoms with Crippen molar-refractivity contribution < 1.29 is 4.74 Å². The summed E-state index contributed by atoms with van der Waals surface area (Å²) < 4.78 is 5.41. The zero-order valence-electron chi connectivity index (χ0n) is 11.4. The van der Waals surface area contributed by atoms with Crippen LogP contribution in [0.4, 0.5) is 11.6 Å². The van der Waals surface area contributed by atoms with Gasteiger partial charge in [-0.25, -0.2) is 4.98 Å². The fourth-order valence-corrected chi connectivity index (χ4v) is 2.00. The standard InChI is InChI=1S/C13H21Cl2N3O/c1-3-7-19-8-5-6-17-13-11(15)9-10(14)12(18-13)16-4-2/h9H,3-8H2,1-2H3,(H2,16,17,18). The van der Waals surface area contributed by atoms with Crippen molar-refractivity contribution in [2.24, 2.45) is 0 Å². The maximum atomic E-state index is 6.10. The average molecular weight is 306 g/mol. The van der Waals surface area contributed by atoms with E-state index in [1.807, 2.05) is 6.92 Å². The number of anilines is 2. The molecule has 1 aromatic rings. The van der Waals surface area contributed by atoms with Gasteiger partial charge < -0.3 is 15.4 Å². The third kappa shape index (κ3) is 5.85. The Morgan fingerprint density at radius 1 is 1.11 bits per heavy atom. The van der Waals surface area contributed by atoms with Crippen molar-refractivity contribution in [3.05, 3.63) is 16.1 Å². The van der Waals surface area contributed by atoms with Crippen LogP contribution in [0.25, 0.3) is 0 Å². The molecule has 0 atom stereocenters. The normalized spacial score (nSPS) is 10.5. The maximum absolute atomic E-state index is 6.10. The third-order valence-corrected chi connectivity index (χ3v) is 2.96. The molecule has 4 nitrogen and oxygen atoms in total. The summed E-state index contributed by atoms with van der Waals surface area (Å²) in [5.41, 5.74) is 0. The van der Waals surface area contributed by atoms with Crippen LogP contribution in [-0.2, 0) is 4.74 Å². The quantitative estimate of drug-likeness (QED) is 0.676. The van der Waals surface area contributed by atoms with Crippen LogP contribution in [0.5, 0.6) is 0 Å². The molecule has 0 saturated heterocycles. The van der Waals surface area contributed by atoms with E-state index in [-0.39, 0.29) is 0 Å². The van der Waals surface area contributed by atoms with Crippen LogP contribution in [-0.4, -0.2) is 31.3 Å². The summed E-state index contributed by atoms with van der Waals surface area (Å²) >= 11 is 12.1. The zero-order chi connectivity index (χ0) is 14.1. The van der Waals surface area contributed by atoms with Gasteiger partial charge >= 0.3 is 0 Å². The van der Waals surface area contributed by atoms with Crippen LogP contribution in [0.3, 0.4) is 0 Å². The van der Waals surface area contributed by atoms with Crippen molar-refractivity contribution in [1.82, 2.24) is 4.98 Å². The Kier molecular flexibility index (Phi) is 7.94. The summed E-state index contributed by atoms with van der Waals surface area (Å²) in [6.45, 7) is 7.17. The van der Waals surface area contributed by atoms with Crippen LogP contribution in [0.2, 0.25) is 10.0 Å². The number of halogens is 2. The lowest BCUT2D eigenvalue weighted by atomic mass is 10.4. The predicted octanol–water partition coefficient (Wildman–Crippen LogP) is 4.05. The zero-order valence-corrected chi connectivity index (χ0v) is 12.9. The topological polar surface area (TPSA) is 46.2 Å². The molecule has 0 saturated carbocycles. The van der Waals surface area contributed by atoms with E-state index in [0.717, 1.165) is 39.1 Å². The van der Waals surface area contributed by atoms with Gasteiger partial charge in [-0.1, -0.05) is 30.1 Å². The van der Waals surface area contributed by atoms with E-state index in [1.165, 1.54) is 0 Å². The number of hydrogen-bond donors (Lipinski definition) is 2. The minimum atomic E-state index is 0.529. The Labute approximate surface area is 124 Å². The van der Waals surface area contributed by atoms with Crippen molar-refractivity contribution in [3.8, 4) is 0 Å². The number of ether oxygens (including phenoxy) is 1. The van der Waals surface area contributed by atoms with Crippen molar-refractivity contribution in [1.29, 1.82) is 0 Å². The molecule has 0 aliphatic rings. The van der Waals surface area contributed by atoms with E-state index in [9.17, 15) is 0 Å².